The molecule has 0 radical (unpaired) electrons. The maximum Gasteiger partial charge on any atom is 0.387 e. The molecular formula is C14H20F2N2O. The topological polar surface area (TPSA) is 24.5 Å². The van der Waals surface area contributed by atoms with Crippen LogP contribution in [0.25, 0.3) is 0 Å². The molecule has 0 aromatic heterocycles. The van der Waals surface area contributed by atoms with Crippen molar-refractivity contribution < 1.29 is 13.5 Å². The summed E-state index contributed by atoms with van der Waals surface area (Å²) >= 11 is 0. The van der Waals surface area contributed by atoms with Gasteiger partial charge in [0.25, 0.3) is 0 Å². The maximum absolute atomic E-state index is 12.4. The lowest BCUT2D eigenvalue weighted by Crippen LogP contribution is -2.36. The molecule has 0 saturated carbocycles. The zero-order chi connectivity index (χ0) is 13.7. The monoisotopic (exact) mass is 270 g/mol. The Labute approximate surface area is 112 Å². The lowest BCUT2D eigenvalue weighted by atomic mass is 10.1. The van der Waals surface area contributed by atoms with E-state index in [1.807, 2.05) is 19.2 Å². The summed E-state index contributed by atoms with van der Waals surface area (Å²) in [7, 11) is 1.93. The third-order valence-electron chi connectivity index (χ3n) is 3.50. The predicted molar refractivity (Wildman–Crippen MR) is 70.4 cm³/mol. The average molecular weight is 270 g/mol. The van der Waals surface area contributed by atoms with Crippen LogP contribution < -0.4 is 10.1 Å². The number of likely N-dealkylation sites (N-methyl/N-ethyl adjacent to an activating group) is 1. The van der Waals surface area contributed by atoms with Crippen LogP contribution in [0.3, 0.4) is 0 Å². The number of para-hydroxylation sites is 1. The van der Waals surface area contributed by atoms with Crippen LogP contribution in [0, 0.1) is 0 Å². The van der Waals surface area contributed by atoms with E-state index in [1.165, 1.54) is 0 Å². The lowest BCUT2D eigenvalue weighted by Gasteiger charge is -2.25. The summed E-state index contributed by atoms with van der Waals surface area (Å²) in [6, 6.07) is 7.51. The number of ether oxygens (including phenoxy) is 1. The van der Waals surface area contributed by atoms with Gasteiger partial charge in [-0.15, -0.1) is 0 Å². The van der Waals surface area contributed by atoms with E-state index in [2.05, 4.69) is 15.0 Å². The molecule has 1 aliphatic heterocycles. The largest absolute Gasteiger partial charge is 0.434 e. The summed E-state index contributed by atoms with van der Waals surface area (Å²) < 4.78 is 29.3. The van der Waals surface area contributed by atoms with Gasteiger partial charge in [0.05, 0.1) is 0 Å². The Morgan fingerprint density at radius 3 is 2.95 bits per heavy atom. The lowest BCUT2D eigenvalue weighted by molar-refractivity contribution is -0.0508. The first-order valence-corrected chi connectivity index (χ1v) is 6.62. The van der Waals surface area contributed by atoms with Crippen molar-refractivity contribution in [2.75, 3.05) is 20.1 Å². The summed E-state index contributed by atoms with van der Waals surface area (Å²) in [5.74, 6) is 0.285. The van der Waals surface area contributed by atoms with Crippen molar-refractivity contribution in [3.05, 3.63) is 29.8 Å². The number of hydrogen-bond donors (Lipinski definition) is 1. The van der Waals surface area contributed by atoms with Gasteiger partial charge in [-0.3, -0.25) is 4.90 Å². The molecule has 2 rings (SSSR count). The number of likely N-dealkylation sites (tertiary alicyclic amines) is 1. The van der Waals surface area contributed by atoms with Crippen molar-refractivity contribution in [3.8, 4) is 5.75 Å². The second kappa shape index (κ2) is 6.82. The highest BCUT2D eigenvalue weighted by Crippen LogP contribution is 2.25. The van der Waals surface area contributed by atoms with Crippen LogP contribution in [-0.2, 0) is 6.54 Å². The minimum absolute atomic E-state index is 0.285. The normalized spacial score (nSPS) is 20.1. The molecule has 1 aromatic rings. The Hall–Kier alpha value is -1.20. The van der Waals surface area contributed by atoms with Gasteiger partial charge in [0, 0.05) is 24.7 Å². The number of halogens is 2. The highest BCUT2D eigenvalue weighted by atomic mass is 19.3. The van der Waals surface area contributed by atoms with Gasteiger partial charge in [-0.1, -0.05) is 18.2 Å². The Bertz CT molecular complexity index is 401. The molecule has 0 aliphatic carbocycles. The first kappa shape index (κ1) is 14.2. The van der Waals surface area contributed by atoms with Crippen molar-refractivity contribution in [1.29, 1.82) is 0 Å². The number of alkyl halides is 2. The van der Waals surface area contributed by atoms with Crippen LogP contribution >= 0.6 is 0 Å². The van der Waals surface area contributed by atoms with Crippen molar-refractivity contribution in [1.82, 2.24) is 10.2 Å². The van der Waals surface area contributed by atoms with E-state index in [-0.39, 0.29) is 5.75 Å². The average Bonchev–Trinajstić information content (AvgIpc) is 2.79. The number of benzene rings is 1. The smallest absolute Gasteiger partial charge is 0.387 e. The van der Waals surface area contributed by atoms with Crippen LogP contribution in [0.1, 0.15) is 18.4 Å². The van der Waals surface area contributed by atoms with Gasteiger partial charge in [0.15, 0.2) is 0 Å². The van der Waals surface area contributed by atoms with Gasteiger partial charge in [-0.25, -0.2) is 0 Å². The highest BCUT2D eigenvalue weighted by molar-refractivity contribution is 5.33. The quantitative estimate of drug-likeness (QED) is 0.859. The Balaban J connectivity index is 2.05. The predicted octanol–water partition coefficient (Wildman–Crippen LogP) is 2.47. The number of nitrogens with zero attached hydrogens (tertiary/aromatic N) is 1. The van der Waals surface area contributed by atoms with Crippen molar-refractivity contribution in [3.63, 3.8) is 0 Å². The molecule has 5 heteroatoms. The third kappa shape index (κ3) is 3.88. The van der Waals surface area contributed by atoms with E-state index >= 15 is 0 Å². The van der Waals surface area contributed by atoms with Crippen molar-refractivity contribution >= 4 is 0 Å². The molecule has 1 saturated heterocycles. The van der Waals surface area contributed by atoms with E-state index < -0.39 is 6.61 Å². The van der Waals surface area contributed by atoms with Crippen LogP contribution in [0.4, 0.5) is 8.78 Å². The SMILES string of the molecule is CNCC1CCCN1Cc1ccccc1OC(F)F. The Kier molecular flexibility index (Phi) is 5.10. The van der Waals surface area contributed by atoms with Gasteiger partial charge in [0.2, 0.25) is 0 Å². The van der Waals surface area contributed by atoms with E-state index in [1.54, 1.807) is 12.1 Å². The molecule has 1 heterocycles. The van der Waals surface area contributed by atoms with E-state index in [4.69, 9.17) is 0 Å². The maximum atomic E-state index is 12.4. The summed E-state index contributed by atoms with van der Waals surface area (Å²) in [5.41, 5.74) is 0.825. The molecule has 1 atom stereocenters. The van der Waals surface area contributed by atoms with E-state index in [0.717, 1.165) is 31.5 Å². The molecule has 0 amide bonds. The fraction of sp³-hybridized carbons (Fsp3) is 0.571. The van der Waals surface area contributed by atoms with Crippen LogP contribution in [0.15, 0.2) is 24.3 Å². The molecule has 106 valence electrons. The summed E-state index contributed by atoms with van der Waals surface area (Å²) in [5, 5.41) is 3.18. The minimum atomic E-state index is -2.77. The molecule has 1 aliphatic rings. The van der Waals surface area contributed by atoms with E-state index in [0.29, 0.717) is 12.6 Å². The molecule has 0 spiro atoms. The fourth-order valence-electron chi connectivity index (χ4n) is 2.63. The molecule has 3 nitrogen and oxygen atoms in total. The molecule has 1 aromatic carbocycles. The Morgan fingerprint density at radius 1 is 1.42 bits per heavy atom. The van der Waals surface area contributed by atoms with Crippen LogP contribution in [0.5, 0.6) is 5.75 Å². The van der Waals surface area contributed by atoms with Gasteiger partial charge in [-0.05, 0) is 32.5 Å². The van der Waals surface area contributed by atoms with Gasteiger partial charge in [0.1, 0.15) is 5.75 Å². The molecule has 1 N–H and O–H groups in total. The second-order valence-corrected chi connectivity index (χ2v) is 4.81. The first-order chi connectivity index (χ1) is 9.20. The fourth-order valence-corrected chi connectivity index (χ4v) is 2.63. The number of hydrogen-bond acceptors (Lipinski definition) is 3. The standard InChI is InChI=1S/C14H20F2N2O/c1-17-9-12-6-4-8-18(12)10-11-5-2-3-7-13(11)19-14(15)16/h2-3,5,7,12,14,17H,4,6,8-10H2,1H3. The van der Waals surface area contributed by atoms with Crippen molar-refractivity contribution in [2.24, 2.45) is 0 Å². The van der Waals surface area contributed by atoms with Gasteiger partial charge < -0.3 is 10.1 Å². The number of rotatable bonds is 6. The number of nitrogens with one attached hydrogen (secondary N) is 1. The van der Waals surface area contributed by atoms with Gasteiger partial charge in [-0.2, -0.15) is 8.78 Å². The molecule has 0 bridgehead atoms. The van der Waals surface area contributed by atoms with E-state index in [9.17, 15) is 8.78 Å². The molecule has 1 unspecified atom stereocenters. The summed E-state index contributed by atoms with van der Waals surface area (Å²) in [6.45, 7) is -0.171. The van der Waals surface area contributed by atoms with Crippen LogP contribution in [0.2, 0.25) is 0 Å². The van der Waals surface area contributed by atoms with Gasteiger partial charge >= 0.3 is 6.61 Å². The Morgan fingerprint density at radius 2 is 2.21 bits per heavy atom. The molecule has 19 heavy (non-hydrogen) atoms. The third-order valence-corrected chi connectivity index (χ3v) is 3.50. The highest BCUT2D eigenvalue weighted by Gasteiger charge is 2.24. The zero-order valence-electron chi connectivity index (χ0n) is 11.1. The zero-order valence-corrected chi connectivity index (χ0v) is 11.1. The second-order valence-electron chi connectivity index (χ2n) is 4.81. The molecular weight excluding hydrogens is 250 g/mol. The first-order valence-electron chi connectivity index (χ1n) is 6.62. The summed E-state index contributed by atoms with van der Waals surface area (Å²) in [6.07, 6.45) is 2.31. The van der Waals surface area contributed by atoms with Crippen molar-refractivity contribution in [2.45, 2.75) is 32.0 Å². The molecule has 1 fully saturated rings. The van der Waals surface area contributed by atoms with Crippen LogP contribution in [-0.4, -0.2) is 37.7 Å². The minimum Gasteiger partial charge on any atom is -0.434 e. The summed E-state index contributed by atoms with van der Waals surface area (Å²) in [4.78, 5) is 2.32.